The summed E-state index contributed by atoms with van der Waals surface area (Å²) in [6.45, 7) is 4.09. The van der Waals surface area contributed by atoms with Gasteiger partial charge in [0.15, 0.2) is 0 Å². The summed E-state index contributed by atoms with van der Waals surface area (Å²) in [4.78, 5) is 2.37. The average Bonchev–Trinajstić information content (AvgIpc) is 2.83. The Bertz CT molecular complexity index is 296. The molecule has 0 radical (unpaired) electrons. The second-order valence-electron chi connectivity index (χ2n) is 4.33. The molecule has 1 saturated heterocycles. The van der Waals surface area contributed by atoms with E-state index in [-0.39, 0.29) is 6.61 Å². The first-order chi connectivity index (χ1) is 7.90. The second-order valence-corrected chi connectivity index (χ2v) is 4.33. The van der Waals surface area contributed by atoms with Gasteiger partial charge in [-0.15, -0.1) is 0 Å². The number of hydrogen-bond acceptors (Lipinski definition) is 3. The number of aliphatic hydroxyl groups excluding tert-OH is 1. The normalized spacial score (nSPS) is 20.5. The monoisotopic (exact) mass is 220 g/mol. The smallest absolute Gasteiger partial charge is 0.0558 e. The van der Waals surface area contributed by atoms with E-state index in [0.29, 0.717) is 6.04 Å². The van der Waals surface area contributed by atoms with Crippen LogP contribution in [0.4, 0.5) is 0 Å². The van der Waals surface area contributed by atoms with Gasteiger partial charge in [-0.25, -0.2) is 0 Å². The van der Waals surface area contributed by atoms with Crippen molar-refractivity contribution in [1.29, 1.82) is 0 Å². The molecular formula is C13H20N2O. The van der Waals surface area contributed by atoms with Crippen molar-refractivity contribution in [2.45, 2.75) is 19.0 Å². The molecule has 2 rings (SSSR count). The van der Waals surface area contributed by atoms with E-state index >= 15 is 0 Å². The van der Waals surface area contributed by atoms with Crippen LogP contribution in [0.15, 0.2) is 30.3 Å². The maximum atomic E-state index is 9.11. The first-order valence-corrected chi connectivity index (χ1v) is 5.99. The topological polar surface area (TPSA) is 35.5 Å². The lowest BCUT2D eigenvalue weighted by Gasteiger charge is -2.27. The highest BCUT2D eigenvalue weighted by atomic mass is 16.3. The molecule has 3 nitrogen and oxygen atoms in total. The lowest BCUT2D eigenvalue weighted by Crippen LogP contribution is -2.38. The summed E-state index contributed by atoms with van der Waals surface area (Å²) in [5.74, 6) is 0. The highest BCUT2D eigenvalue weighted by Crippen LogP contribution is 2.12. The Kier molecular flexibility index (Phi) is 4.34. The molecule has 0 bridgehead atoms. The molecule has 0 spiro atoms. The fraction of sp³-hybridized carbons (Fsp3) is 0.538. The first-order valence-electron chi connectivity index (χ1n) is 5.99. The molecule has 1 fully saturated rings. The van der Waals surface area contributed by atoms with E-state index in [1.54, 1.807) is 0 Å². The Labute approximate surface area is 97.1 Å². The fourth-order valence-electron chi connectivity index (χ4n) is 2.29. The fourth-order valence-corrected chi connectivity index (χ4v) is 2.29. The zero-order chi connectivity index (χ0) is 11.2. The van der Waals surface area contributed by atoms with Crippen LogP contribution in [0.2, 0.25) is 0 Å². The van der Waals surface area contributed by atoms with Gasteiger partial charge >= 0.3 is 0 Å². The van der Waals surface area contributed by atoms with Gasteiger partial charge < -0.3 is 10.4 Å². The molecule has 1 aliphatic rings. The molecule has 1 aliphatic heterocycles. The molecule has 1 aromatic carbocycles. The highest BCUT2D eigenvalue weighted by molar-refractivity contribution is 5.14. The van der Waals surface area contributed by atoms with Gasteiger partial charge in [-0.1, -0.05) is 30.3 Å². The number of benzene rings is 1. The Morgan fingerprint density at radius 2 is 2.12 bits per heavy atom. The summed E-state index contributed by atoms with van der Waals surface area (Å²) in [7, 11) is 0. The highest BCUT2D eigenvalue weighted by Gasteiger charge is 2.21. The number of nitrogens with zero attached hydrogens (tertiary/aromatic N) is 1. The summed E-state index contributed by atoms with van der Waals surface area (Å²) < 4.78 is 0. The van der Waals surface area contributed by atoms with Gasteiger partial charge in [0.1, 0.15) is 0 Å². The molecule has 2 N–H and O–H groups in total. The van der Waals surface area contributed by atoms with Crippen molar-refractivity contribution in [3.05, 3.63) is 35.9 Å². The predicted molar refractivity (Wildman–Crippen MR) is 65.2 cm³/mol. The van der Waals surface area contributed by atoms with E-state index in [4.69, 9.17) is 5.11 Å². The minimum absolute atomic E-state index is 0.239. The van der Waals surface area contributed by atoms with Crippen LogP contribution >= 0.6 is 0 Å². The van der Waals surface area contributed by atoms with Crippen LogP contribution in [-0.4, -0.2) is 42.3 Å². The minimum atomic E-state index is 0.239. The summed E-state index contributed by atoms with van der Waals surface area (Å²) in [6, 6.07) is 11.0. The van der Waals surface area contributed by atoms with Crippen molar-refractivity contribution < 1.29 is 5.11 Å². The molecule has 16 heavy (non-hydrogen) atoms. The molecule has 0 saturated carbocycles. The number of aliphatic hydroxyl groups is 1. The van der Waals surface area contributed by atoms with Crippen LogP contribution in [0.5, 0.6) is 0 Å². The molecule has 1 unspecified atom stereocenters. The van der Waals surface area contributed by atoms with Crippen LogP contribution in [0.3, 0.4) is 0 Å². The average molecular weight is 220 g/mol. The molecular weight excluding hydrogens is 200 g/mol. The Hall–Kier alpha value is -0.900. The van der Waals surface area contributed by atoms with E-state index in [9.17, 15) is 0 Å². The van der Waals surface area contributed by atoms with E-state index in [1.165, 1.54) is 12.0 Å². The van der Waals surface area contributed by atoms with Crippen LogP contribution in [0, 0.1) is 0 Å². The van der Waals surface area contributed by atoms with Crippen molar-refractivity contribution in [2.75, 3.05) is 26.2 Å². The molecule has 3 heteroatoms. The molecule has 1 aromatic rings. The van der Waals surface area contributed by atoms with E-state index < -0.39 is 0 Å². The van der Waals surface area contributed by atoms with E-state index in [2.05, 4.69) is 34.5 Å². The molecule has 0 amide bonds. The zero-order valence-electron chi connectivity index (χ0n) is 9.60. The summed E-state index contributed by atoms with van der Waals surface area (Å²) in [6.07, 6.45) is 1.19. The molecule has 1 heterocycles. The van der Waals surface area contributed by atoms with Crippen LogP contribution in [0.1, 0.15) is 12.0 Å². The lowest BCUT2D eigenvalue weighted by atomic mass is 10.1. The third-order valence-electron chi connectivity index (χ3n) is 3.17. The summed E-state index contributed by atoms with van der Waals surface area (Å²) in [5.41, 5.74) is 1.32. The SMILES string of the molecule is OCCN(Cc1ccccc1)C1CCNC1. The number of rotatable bonds is 5. The third-order valence-corrected chi connectivity index (χ3v) is 3.17. The standard InChI is InChI=1S/C13H20N2O/c16-9-8-15(13-6-7-14-10-13)11-12-4-2-1-3-5-12/h1-5,13-14,16H,6-11H2. The van der Waals surface area contributed by atoms with Crippen LogP contribution < -0.4 is 5.32 Å². The van der Waals surface area contributed by atoms with Gasteiger partial charge in [-0.05, 0) is 18.5 Å². The molecule has 88 valence electrons. The van der Waals surface area contributed by atoms with Crippen molar-refractivity contribution >= 4 is 0 Å². The Morgan fingerprint density at radius 1 is 1.31 bits per heavy atom. The van der Waals surface area contributed by atoms with Gasteiger partial charge in [0, 0.05) is 25.7 Å². The Balaban J connectivity index is 1.96. The predicted octanol–water partition coefficient (Wildman–Crippen LogP) is 0.843. The van der Waals surface area contributed by atoms with Crippen molar-refractivity contribution in [1.82, 2.24) is 10.2 Å². The summed E-state index contributed by atoms with van der Waals surface area (Å²) in [5, 5.41) is 12.5. The number of nitrogens with one attached hydrogen (secondary N) is 1. The maximum Gasteiger partial charge on any atom is 0.0558 e. The zero-order valence-corrected chi connectivity index (χ0v) is 9.60. The van der Waals surface area contributed by atoms with Crippen molar-refractivity contribution in [3.63, 3.8) is 0 Å². The molecule has 1 atom stereocenters. The van der Waals surface area contributed by atoms with Gasteiger partial charge in [0.2, 0.25) is 0 Å². The van der Waals surface area contributed by atoms with Gasteiger partial charge in [0.25, 0.3) is 0 Å². The van der Waals surface area contributed by atoms with Gasteiger partial charge in [-0.2, -0.15) is 0 Å². The second kappa shape index (κ2) is 5.99. The molecule has 0 aromatic heterocycles. The van der Waals surface area contributed by atoms with Gasteiger partial charge in [0.05, 0.1) is 6.61 Å². The molecule has 0 aliphatic carbocycles. The van der Waals surface area contributed by atoms with Crippen molar-refractivity contribution in [3.8, 4) is 0 Å². The van der Waals surface area contributed by atoms with Crippen LogP contribution in [-0.2, 0) is 6.54 Å². The van der Waals surface area contributed by atoms with Gasteiger partial charge in [-0.3, -0.25) is 4.90 Å². The Morgan fingerprint density at radius 3 is 2.75 bits per heavy atom. The third kappa shape index (κ3) is 3.04. The lowest BCUT2D eigenvalue weighted by molar-refractivity contribution is 0.151. The van der Waals surface area contributed by atoms with E-state index in [1.807, 2.05) is 6.07 Å². The maximum absolute atomic E-state index is 9.11. The quantitative estimate of drug-likeness (QED) is 0.772. The largest absolute Gasteiger partial charge is 0.395 e. The minimum Gasteiger partial charge on any atom is -0.395 e. The van der Waals surface area contributed by atoms with E-state index in [0.717, 1.165) is 26.2 Å². The van der Waals surface area contributed by atoms with Crippen molar-refractivity contribution in [2.24, 2.45) is 0 Å². The first kappa shape index (κ1) is 11.6. The van der Waals surface area contributed by atoms with Crippen LogP contribution in [0.25, 0.3) is 0 Å². The number of hydrogen-bond donors (Lipinski definition) is 2. The summed E-state index contributed by atoms with van der Waals surface area (Å²) >= 11 is 0.